The molecular weight excluding hydrogens is 408 g/mol. The van der Waals surface area contributed by atoms with E-state index in [4.69, 9.17) is 14.0 Å². The lowest BCUT2D eigenvalue weighted by atomic mass is 10.1. The molecular formula is C24H28N4O4. The van der Waals surface area contributed by atoms with Crippen LogP contribution in [0.15, 0.2) is 47.0 Å². The van der Waals surface area contributed by atoms with Gasteiger partial charge in [0.1, 0.15) is 11.5 Å². The Morgan fingerprint density at radius 1 is 1.03 bits per heavy atom. The van der Waals surface area contributed by atoms with Crippen molar-refractivity contribution in [2.24, 2.45) is 0 Å². The number of amides is 1. The number of nitrogens with zero attached hydrogens (tertiary/aromatic N) is 4. The zero-order valence-electron chi connectivity index (χ0n) is 18.9. The number of benzene rings is 2. The summed E-state index contributed by atoms with van der Waals surface area (Å²) < 4.78 is 16.2. The molecule has 0 bridgehead atoms. The third-order valence-corrected chi connectivity index (χ3v) is 5.90. The molecule has 1 atom stereocenters. The fourth-order valence-corrected chi connectivity index (χ4v) is 3.84. The van der Waals surface area contributed by atoms with Crippen molar-refractivity contribution in [2.75, 3.05) is 40.4 Å². The molecule has 4 rings (SSSR count). The minimum absolute atomic E-state index is 0.0329. The third kappa shape index (κ3) is 4.45. The van der Waals surface area contributed by atoms with E-state index in [0.717, 1.165) is 5.56 Å². The third-order valence-electron chi connectivity index (χ3n) is 5.90. The van der Waals surface area contributed by atoms with Gasteiger partial charge in [0.05, 0.1) is 25.8 Å². The number of methoxy groups -OCH3 is 2. The van der Waals surface area contributed by atoms with Gasteiger partial charge in [0.15, 0.2) is 0 Å². The van der Waals surface area contributed by atoms with Crippen LogP contribution in [0.1, 0.15) is 34.8 Å². The largest absolute Gasteiger partial charge is 0.497 e. The molecule has 0 spiro atoms. The van der Waals surface area contributed by atoms with Gasteiger partial charge in [0.2, 0.25) is 11.7 Å². The Labute approximate surface area is 187 Å². The molecule has 1 aliphatic rings. The quantitative estimate of drug-likeness (QED) is 0.584. The highest BCUT2D eigenvalue weighted by Gasteiger charge is 2.29. The van der Waals surface area contributed by atoms with Crippen LogP contribution in [0.2, 0.25) is 0 Å². The Hall–Kier alpha value is -3.39. The molecule has 8 heteroatoms. The fraction of sp³-hybridized carbons (Fsp3) is 0.375. The summed E-state index contributed by atoms with van der Waals surface area (Å²) in [7, 11) is 3.14. The Morgan fingerprint density at radius 3 is 2.41 bits per heavy atom. The number of aryl methyl sites for hydroxylation is 1. The number of hydrogen-bond donors (Lipinski definition) is 0. The minimum atomic E-state index is -0.0451. The monoisotopic (exact) mass is 436 g/mol. The fourth-order valence-electron chi connectivity index (χ4n) is 3.84. The molecule has 0 saturated carbocycles. The van der Waals surface area contributed by atoms with Gasteiger partial charge in [-0.2, -0.15) is 4.98 Å². The molecule has 1 fully saturated rings. The van der Waals surface area contributed by atoms with E-state index in [1.54, 1.807) is 32.4 Å². The van der Waals surface area contributed by atoms with Gasteiger partial charge in [-0.3, -0.25) is 9.69 Å². The van der Waals surface area contributed by atoms with E-state index in [2.05, 4.69) is 22.0 Å². The lowest BCUT2D eigenvalue weighted by Crippen LogP contribution is -2.49. The van der Waals surface area contributed by atoms with Crippen LogP contribution >= 0.6 is 0 Å². The van der Waals surface area contributed by atoms with Crippen LogP contribution in [0, 0.1) is 6.92 Å². The molecule has 1 aliphatic heterocycles. The van der Waals surface area contributed by atoms with Crippen LogP contribution in [0.3, 0.4) is 0 Å². The topological polar surface area (TPSA) is 80.9 Å². The van der Waals surface area contributed by atoms with Crippen LogP contribution in [-0.2, 0) is 0 Å². The lowest BCUT2D eigenvalue weighted by molar-refractivity contribution is 0.0549. The Kier molecular flexibility index (Phi) is 6.41. The average molecular weight is 437 g/mol. The summed E-state index contributed by atoms with van der Waals surface area (Å²) in [6.07, 6.45) is 0. The van der Waals surface area contributed by atoms with Crippen molar-refractivity contribution >= 4 is 5.91 Å². The smallest absolute Gasteiger partial charge is 0.257 e. The molecule has 1 aromatic heterocycles. The minimum Gasteiger partial charge on any atom is -0.497 e. The van der Waals surface area contributed by atoms with Crippen LogP contribution < -0.4 is 9.47 Å². The second-order valence-electron chi connectivity index (χ2n) is 7.89. The second kappa shape index (κ2) is 9.40. The zero-order valence-corrected chi connectivity index (χ0v) is 18.9. The standard InChI is InChI=1S/C24H28N4O4/c1-16-5-7-18(8-6-16)22-25-23(32-26-22)17(2)27-11-13-28(14-12-27)24(29)20-10-9-19(30-3)15-21(20)31-4/h5-10,15,17H,11-14H2,1-4H3. The van der Waals surface area contributed by atoms with E-state index in [9.17, 15) is 4.79 Å². The normalized spacial score (nSPS) is 15.4. The number of carbonyl (C=O) groups is 1. The van der Waals surface area contributed by atoms with Crippen LogP contribution in [0.25, 0.3) is 11.4 Å². The van der Waals surface area contributed by atoms with Crippen LogP contribution in [0.4, 0.5) is 0 Å². The van der Waals surface area contributed by atoms with Crippen molar-refractivity contribution in [1.82, 2.24) is 19.9 Å². The van der Waals surface area contributed by atoms with E-state index in [1.807, 2.05) is 36.1 Å². The molecule has 0 N–H and O–H groups in total. The van der Waals surface area contributed by atoms with E-state index in [0.29, 0.717) is 55.0 Å². The Morgan fingerprint density at radius 2 is 1.75 bits per heavy atom. The molecule has 3 aromatic rings. The van der Waals surface area contributed by atoms with Crippen LogP contribution in [-0.4, -0.2) is 66.2 Å². The van der Waals surface area contributed by atoms with E-state index in [-0.39, 0.29) is 11.9 Å². The first-order valence-electron chi connectivity index (χ1n) is 10.7. The van der Waals surface area contributed by atoms with Crippen molar-refractivity contribution in [1.29, 1.82) is 0 Å². The predicted molar refractivity (Wildman–Crippen MR) is 120 cm³/mol. The zero-order chi connectivity index (χ0) is 22.7. The van der Waals surface area contributed by atoms with Gasteiger partial charge in [-0.1, -0.05) is 35.0 Å². The first kappa shape index (κ1) is 21.8. The highest BCUT2D eigenvalue weighted by molar-refractivity contribution is 5.97. The summed E-state index contributed by atoms with van der Waals surface area (Å²) in [5, 5.41) is 4.15. The first-order chi connectivity index (χ1) is 15.5. The number of rotatable bonds is 6. The molecule has 32 heavy (non-hydrogen) atoms. The molecule has 0 radical (unpaired) electrons. The Balaban J connectivity index is 1.39. The number of hydrogen-bond acceptors (Lipinski definition) is 7. The summed E-state index contributed by atoms with van der Waals surface area (Å²) in [5.41, 5.74) is 2.65. The molecule has 168 valence electrons. The molecule has 1 saturated heterocycles. The van der Waals surface area contributed by atoms with Gasteiger partial charge in [-0.25, -0.2) is 0 Å². The second-order valence-corrected chi connectivity index (χ2v) is 7.89. The summed E-state index contributed by atoms with van der Waals surface area (Å²) in [5.74, 6) is 2.29. The maximum Gasteiger partial charge on any atom is 0.257 e. The predicted octanol–water partition coefficient (Wildman–Crippen LogP) is 3.58. The molecule has 8 nitrogen and oxygen atoms in total. The molecule has 1 amide bonds. The summed E-state index contributed by atoms with van der Waals surface area (Å²) in [4.78, 5) is 21.8. The van der Waals surface area contributed by atoms with Gasteiger partial charge in [0, 0.05) is 37.8 Å². The Bertz CT molecular complexity index is 1070. The number of ether oxygens (including phenoxy) is 2. The molecule has 0 aliphatic carbocycles. The van der Waals surface area contributed by atoms with Crippen LogP contribution in [0.5, 0.6) is 11.5 Å². The maximum absolute atomic E-state index is 13.1. The summed E-state index contributed by atoms with van der Waals surface area (Å²) in [6.45, 7) is 6.74. The van der Waals surface area contributed by atoms with Crippen molar-refractivity contribution in [2.45, 2.75) is 19.9 Å². The van der Waals surface area contributed by atoms with Gasteiger partial charge in [0.25, 0.3) is 5.91 Å². The SMILES string of the molecule is COc1ccc(C(=O)N2CCN(C(C)c3nc(-c4ccc(C)cc4)no3)CC2)c(OC)c1. The number of piperazine rings is 1. The molecule has 2 heterocycles. The van der Waals surface area contributed by atoms with Crippen molar-refractivity contribution in [3.05, 3.63) is 59.5 Å². The summed E-state index contributed by atoms with van der Waals surface area (Å²) in [6, 6.07) is 13.3. The van der Waals surface area contributed by atoms with Gasteiger partial charge in [-0.15, -0.1) is 0 Å². The lowest BCUT2D eigenvalue weighted by Gasteiger charge is -2.37. The highest BCUT2D eigenvalue weighted by atomic mass is 16.5. The molecule has 1 unspecified atom stereocenters. The van der Waals surface area contributed by atoms with E-state index < -0.39 is 0 Å². The maximum atomic E-state index is 13.1. The highest BCUT2D eigenvalue weighted by Crippen LogP contribution is 2.27. The van der Waals surface area contributed by atoms with Gasteiger partial charge >= 0.3 is 0 Å². The van der Waals surface area contributed by atoms with Gasteiger partial charge in [-0.05, 0) is 26.0 Å². The van der Waals surface area contributed by atoms with Gasteiger partial charge < -0.3 is 18.9 Å². The van der Waals surface area contributed by atoms with Crippen molar-refractivity contribution < 1.29 is 18.8 Å². The average Bonchev–Trinajstić information content (AvgIpc) is 3.33. The molecule has 2 aromatic carbocycles. The number of aromatic nitrogens is 2. The van der Waals surface area contributed by atoms with E-state index >= 15 is 0 Å². The summed E-state index contributed by atoms with van der Waals surface area (Å²) >= 11 is 0. The van der Waals surface area contributed by atoms with E-state index in [1.165, 1.54) is 5.56 Å². The van der Waals surface area contributed by atoms with Crippen molar-refractivity contribution in [3.8, 4) is 22.9 Å². The van der Waals surface area contributed by atoms with Crippen molar-refractivity contribution in [3.63, 3.8) is 0 Å². The number of carbonyl (C=O) groups excluding carboxylic acids is 1. The first-order valence-corrected chi connectivity index (χ1v) is 10.7.